The van der Waals surface area contributed by atoms with Crippen molar-refractivity contribution in [3.8, 4) is 0 Å². The lowest BCUT2D eigenvalue weighted by Gasteiger charge is -2.26. The molecule has 0 unspecified atom stereocenters. The van der Waals surface area contributed by atoms with Crippen molar-refractivity contribution in [1.29, 1.82) is 0 Å². The number of thiophene rings is 1. The van der Waals surface area contributed by atoms with Gasteiger partial charge >= 0.3 is 0 Å². The second-order valence-corrected chi connectivity index (χ2v) is 5.09. The number of fused-ring (bicyclic) bond motifs is 1. The van der Waals surface area contributed by atoms with Gasteiger partial charge in [-0.3, -0.25) is 10.2 Å². The highest BCUT2D eigenvalue weighted by Gasteiger charge is 2.20. The van der Waals surface area contributed by atoms with Crippen LogP contribution in [0.3, 0.4) is 0 Å². The zero-order chi connectivity index (χ0) is 13.2. The van der Waals surface area contributed by atoms with E-state index in [9.17, 15) is 4.79 Å². The molecule has 0 aliphatic carbocycles. The second-order valence-electron chi connectivity index (χ2n) is 4.10. The topological polar surface area (TPSA) is 93.4 Å². The van der Waals surface area contributed by atoms with Crippen LogP contribution in [0.1, 0.15) is 9.67 Å². The van der Waals surface area contributed by atoms with E-state index in [0.29, 0.717) is 47.2 Å². The van der Waals surface area contributed by atoms with E-state index in [-0.39, 0.29) is 5.91 Å². The smallest absolute Gasteiger partial charge is 0.277 e. The molecule has 1 saturated heterocycles. The van der Waals surface area contributed by atoms with Gasteiger partial charge in [0.25, 0.3) is 5.91 Å². The summed E-state index contributed by atoms with van der Waals surface area (Å²) < 4.78 is 5.22. The van der Waals surface area contributed by atoms with Crippen molar-refractivity contribution in [2.24, 2.45) is 0 Å². The largest absolute Gasteiger partial charge is 0.396 e. The predicted molar refractivity (Wildman–Crippen MR) is 71.7 cm³/mol. The van der Waals surface area contributed by atoms with Crippen LogP contribution >= 0.6 is 11.3 Å². The third-order valence-electron chi connectivity index (χ3n) is 2.84. The Bertz CT molecular complexity index is 608. The number of ether oxygens (including phenoxy) is 1. The van der Waals surface area contributed by atoms with E-state index < -0.39 is 0 Å². The molecule has 1 fully saturated rings. The Morgan fingerprint density at radius 3 is 2.84 bits per heavy atom. The highest BCUT2D eigenvalue weighted by atomic mass is 32.1. The minimum Gasteiger partial charge on any atom is -0.396 e. The average molecular weight is 279 g/mol. The number of anilines is 1. The van der Waals surface area contributed by atoms with Crippen LogP contribution in [-0.2, 0) is 4.74 Å². The first-order chi connectivity index (χ1) is 9.25. The molecule has 2 aromatic heterocycles. The first-order valence-corrected chi connectivity index (χ1v) is 6.70. The van der Waals surface area contributed by atoms with Crippen molar-refractivity contribution in [2.45, 2.75) is 0 Å². The number of aromatic nitrogens is 2. The molecule has 0 saturated carbocycles. The molecule has 0 spiro atoms. The number of hydrogen-bond acceptors (Lipinski definition) is 7. The summed E-state index contributed by atoms with van der Waals surface area (Å²) in [5.41, 5.74) is 9.75. The van der Waals surface area contributed by atoms with Gasteiger partial charge in [-0.1, -0.05) is 0 Å². The summed E-state index contributed by atoms with van der Waals surface area (Å²) in [7, 11) is 0. The number of carbonyl (C=O) groups excluding carboxylic acids is 1. The van der Waals surface area contributed by atoms with Crippen molar-refractivity contribution < 1.29 is 9.53 Å². The lowest BCUT2D eigenvalue weighted by molar-refractivity contribution is 0.0128. The molecule has 0 atom stereocenters. The highest BCUT2D eigenvalue weighted by Crippen LogP contribution is 2.30. The van der Waals surface area contributed by atoms with Gasteiger partial charge in [0.15, 0.2) is 0 Å². The molecule has 1 aliphatic heterocycles. The number of nitrogens with zero attached hydrogens (tertiary/aromatic N) is 3. The van der Waals surface area contributed by atoms with Crippen molar-refractivity contribution >= 4 is 33.3 Å². The van der Waals surface area contributed by atoms with E-state index in [1.54, 1.807) is 12.4 Å². The van der Waals surface area contributed by atoms with Crippen LogP contribution in [0.5, 0.6) is 0 Å². The molecule has 0 radical (unpaired) electrons. The maximum atomic E-state index is 12.2. The van der Waals surface area contributed by atoms with Gasteiger partial charge in [-0.05, 0) is 0 Å². The predicted octanol–water partition coefficient (Wildman–Crippen LogP) is 0.250. The van der Waals surface area contributed by atoms with Crippen LogP contribution < -0.4 is 11.2 Å². The van der Waals surface area contributed by atoms with Gasteiger partial charge in [0.05, 0.1) is 18.9 Å². The third kappa shape index (κ3) is 2.37. The zero-order valence-electron chi connectivity index (χ0n) is 10.1. The number of hydrogen-bond donors (Lipinski definition) is 2. The van der Waals surface area contributed by atoms with Gasteiger partial charge in [-0.15, -0.1) is 11.3 Å². The van der Waals surface area contributed by atoms with Crippen molar-refractivity contribution in [3.63, 3.8) is 0 Å². The highest BCUT2D eigenvalue weighted by molar-refractivity contribution is 7.21. The van der Waals surface area contributed by atoms with Crippen molar-refractivity contribution in [2.75, 3.05) is 32.0 Å². The van der Waals surface area contributed by atoms with Crippen molar-refractivity contribution in [3.05, 3.63) is 17.3 Å². The molecule has 3 heterocycles. The number of nitrogen functional groups attached to an aromatic ring is 1. The Labute approximate surface area is 113 Å². The zero-order valence-corrected chi connectivity index (χ0v) is 10.9. The molecular formula is C11H13N5O2S. The number of rotatable bonds is 2. The summed E-state index contributed by atoms with van der Waals surface area (Å²) >= 11 is 1.25. The molecule has 1 aliphatic rings. The first-order valence-electron chi connectivity index (χ1n) is 5.88. The van der Waals surface area contributed by atoms with Crippen LogP contribution in [0.4, 0.5) is 5.69 Å². The van der Waals surface area contributed by atoms with E-state index in [1.807, 2.05) is 5.01 Å². The minimum atomic E-state index is -0.218. The number of carbonyl (C=O) groups is 1. The molecule has 2 aromatic rings. The average Bonchev–Trinajstić information content (AvgIpc) is 2.78. The SMILES string of the molecule is Nc1c(C(=O)NN2CCOCC2)sc2nccnc12. The van der Waals surface area contributed by atoms with E-state index in [0.717, 1.165) is 0 Å². The summed E-state index contributed by atoms with van der Waals surface area (Å²) in [6.07, 6.45) is 3.15. The second kappa shape index (κ2) is 5.08. The van der Waals surface area contributed by atoms with E-state index in [2.05, 4.69) is 15.4 Å². The molecule has 19 heavy (non-hydrogen) atoms. The first kappa shape index (κ1) is 12.3. The molecule has 7 nitrogen and oxygen atoms in total. The summed E-state index contributed by atoms with van der Waals surface area (Å²) in [5.74, 6) is -0.218. The lowest BCUT2D eigenvalue weighted by Crippen LogP contribution is -2.48. The lowest BCUT2D eigenvalue weighted by atomic mass is 10.3. The van der Waals surface area contributed by atoms with E-state index in [1.165, 1.54) is 11.3 Å². The standard InChI is InChI=1S/C11H13N5O2S/c12-7-8-11(14-2-1-13-8)19-9(7)10(17)15-16-3-5-18-6-4-16/h1-2H,3-6,12H2,(H,15,17). The maximum absolute atomic E-state index is 12.2. The third-order valence-corrected chi connectivity index (χ3v) is 3.94. The monoisotopic (exact) mass is 279 g/mol. The molecule has 0 bridgehead atoms. The Morgan fingerprint density at radius 1 is 1.37 bits per heavy atom. The van der Waals surface area contributed by atoms with Gasteiger partial charge in [0, 0.05) is 25.5 Å². The van der Waals surface area contributed by atoms with Crippen LogP contribution in [0, 0.1) is 0 Å². The molecule has 1 amide bonds. The number of nitrogens with two attached hydrogens (primary N) is 1. The number of hydrazine groups is 1. The summed E-state index contributed by atoms with van der Waals surface area (Å²) in [4.78, 5) is 21.6. The molecule has 3 rings (SSSR count). The van der Waals surface area contributed by atoms with Crippen LogP contribution in [0.2, 0.25) is 0 Å². The fraction of sp³-hybridized carbons (Fsp3) is 0.364. The summed E-state index contributed by atoms with van der Waals surface area (Å²) in [6, 6.07) is 0. The Morgan fingerprint density at radius 2 is 2.11 bits per heavy atom. The fourth-order valence-corrected chi connectivity index (χ4v) is 2.79. The Kier molecular flexibility index (Phi) is 3.28. The molecular weight excluding hydrogens is 266 g/mol. The maximum Gasteiger partial charge on any atom is 0.277 e. The summed E-state index contributed by atoms with van der Waals surface area (Å²) in [5, 5.41) is 1.83. The van der Waals surface area contributed by atoms with Gasteiger partial charge in [-0.2, -0.15) is 0 Å². The quantitative estimate of drug-likeness (QED) is 0.818. The molecule has 100 valence electrons. The van der Waals surface area contributed by atoms with Crippen LogP contribution in [0.15, 0.2) is 12.4 Å². The van der Waals surface area contributed by atoms with Gasteiger partial charge in [0.1, 0.15) is 15.2 Å². The molecule has 8 heteroatoms. The van der Waals surface area contributed by atoms with E-state index in [4.69, 9.17) is 10.5 Å². The molecule has 0 aromatic carbocycles. The van der Waals surface area contributed by atoms with Gasteiger partial charge in [-0.25, -0.2) is 15.0 Å². The fourth-order valence-electron chi connectivity index (χ4n) is 1.88. The summed E-state index contributed by atoms with van der Waals surface area (Å²) in [6.45, 7) is 2.58. The van der Waals surface area contributed by atoms with Crippen LogP contribution in [-0.4, -0.2) is 47.2 Å². The Balaban J connectivity index is 1.83. The van der Waals surface area contributed by atoms with Crippen molar-refractivity contribution in [1.82, 2.24) is 20.4 Å². The van der Waals surface area contributed by atoms with Gasteiger partial charge in [0.2, 0.25) is 0 Å². The van der Waals surface area contributed by atoms with Gasteiger partial charge < -0.3 is 10.5 Å². The normalized spacial score (nSPS) is 16.6. The van der Waals surface area contributed by atoms with E-state index >= 15 is 0 Å². The van der Waals surface area contributed by atoms with Crippen LogP contribution in [0.25, 0.3) is 10.3 Å². The minimum absolute atomic E-state index is 0.218. The Hall–Kier alpha value is -1.77. The number of morpholine rings is 1. The molecule has 3 N–H and O–H groups in total. The number of amides is 1. The number of nitrogens with one attached hydrogen (secondary N) is 1.